The Hall–Kier alpha value is -3.18. The Morgan fingerprint density at radius 1 is 1.18 bits per heavy atom. The highest BCUT2D eigenvalue weighted by molar-refractivity contribution is 7.90. The zero-order chi connectivity index (χ0) is 28.5. The zero-order valence-electron chi connectivity index (χ0n) is 23.7. The molecule has 11 heteroatoms. The van der Waals surface area contributed by atoms with Gasteiger partial charge in [-0.2, -0.15) is 21.9 Å². The van der Waals surface area contributed by atoms with E-state index in [9.17, 15) is 17.6 Å². The number of nitrogens with one attached hydrogen (secondary N) is 1. The molecule has 0 spiro atoms. The second kappa shape index (κ2) is 12.1. The minimum absolute atomic E-state index is 0. The number of halogens is 1. The molecule has 1 aromatic carbocycles. The Morgan fingerprint density at radius 3 is 2.52 bits per heavy atom. The van der Waals surface area contributed by atoms with Gasteiger partial charge in [-0.15, -0.1) is 0 Å². The number of hydrogen-bond donors (Lipinski definition) is 1. The number of aromatic nitrogens is 2. The second-order valence-electron chi connectivity index (χ2n) is 11.2. The van der Waals surface area contributed by atoms with Crippen molar-refractivity contribution < 1.29 is 22.3 Å². The number of pyridine rings is 2. The molecule has 1 saturated heterocycles. The smallest absolute Gasteiger partial charge is 0.281 e. The fraction of sp³-hybridized carbons (Fsp3) is 0.414. The van der Waals surface area contributed by atoms with Gasteiger partial charge in [0.2, 0.25) is 0 Å². The van der Waals surface area contributed by atoms with Gasteiger partial charge in [-0.1, -0.05) is 26.8 Å². The summed E-state index contributed by atoms with van der Waals surface area (Å²) in [4.78, 5) is 24.3. The SMILES string of the molecule is Cc1cccc(S(=O)(=O)NC(=O)c2ccc(-c3cc(F)cc(OCC(C)C)c3)nc2N2C[C@@H](C)CC2(C)C)n1.S. The Morgan fingerprint density at radius 2 is 1.90 bits per heavy atom. The number of amides is 1. The van der Waals surface area contributed by atoms with E-state index in [1.54, 1.807) is 31.2 Å². The Labute approximate surface area is 242 Å². The Kier molecular flexibility index (Phi) is 9.51. The molecule has 1 aliphatic heterocycles. The summed E-state index contributed by atoms with van der Waals surface area (Å²) in [5.41, 5.74) is 1.20. The summed E-state index contributed by atoms with van der Waals surface area (Å²) in [6, 6.07) is 12.1. The maximum absolute atomic E-state index is 14.5. The van der Waals surface area contributed by atoms with Crippen molar-refractivity contribution in [3.05, 3.63) is 65.6 Å². The minimum atomic E-state index is -4.22. The van der Waals surface area contributed by atoms with Crippen LogP contribution in [-0.4, -0.2) is 43.0 Å². The van der Waals surface area contributed by atoms with E-state index in [1.807, 2.05) is 18.7 Å². The van der Waals surface area contributed by atoms with E-state index in [0.717, 1.165) is 6.42 Å². The van der Waals surface area contributed by atoms with Crippen molar-refractivity contribution in [3.8, 4) is 17.0 Å². The fourth-order valence-electron chi connectivity index (χ4n) is 4.91. The average Bonchev–Trinajstić information content (AvgIpc) is 3.13. The van der Waals surface area contributed by atoms with Crippen LogP contribution in [0.4, 0.5) is 10.2 Å². The first-order valence-electron chi connectivity index (χ1n) is 13.0. The summed E-state index contributed by atoms with van der Waals surface area (Å²) in [5, 5.41) is -0.245. The fourth-order valence-corrected chi connectivity index (χ4v) is 5.89. The third-order valence-corrected chi connectivity index (χ3v) is 7.80. The molecule has 4 rings (SSSR count). The summed E-state index contributed by atoms with van der Waals surface area (Å²) >= 11 is 0. The van der Waals surface area contributed by atoms with Crippen LogP contribution in [0.3, 0.4) is 0 Å². The molecule has 0 unspecified atom stereocenters. The number of ether oxygens (including phenoxy) is 1. The van der Waals surface area contributed by atoms with Gasteiger partial charge in [0.05, 0.1) is 17.9 Å². The molecule has 1 aliphatic rings. The lowest BCUT2D eigenvalue weighted by Crippen LogP contribution is -2.41. The number of nitrogens with zero attached hydrogens (tertiary/aromatic N) is 3. The molecule has 0 radical (unpaired) electrons. The molecule has 2 aromatic heterocycles. The summed E-state index contributed by atoms with van der Waals surface area (Å²) in [7, 11) is -4.22. The molecule has 0 aliphatic carbocycles. The molecule has 40 heavy (non-hydrogen) atoms. The molecule has 1 fully saturated rings. The summed E-state index contributed by atoms with van der Waals surface area (Å²) in [5.74, 6) is 0.0271. The molecular formula is C29H37FN4O4S2. The van der Waals surface area contributed by atoms with Crippen molar-refractivity contribution in [1.29, 1.82) is 0 Å². The molecule has 1 N–H and O–H groups in total. The van der Waals surface area contributed by atoms with Crippen LogP contribution < -0.4 is 14.4 Å². The van der Waals surface area contributed by atoms with Crippen LogP contribution in [-0.2, 0) is 10.0 Å². The number of rotatable bonds is 8. The second-order valence-corrected chi connectivity index (χ2v) is 12.9. The van der Waals surface area contributed by atoms with Crippen molar-refractivity contribution in [3.63, 3.8) is 0 Å². The van der Waals surface area contributed by atoms with Crippen molar-refractivity contribution in [1.82, 2.24) is 14.7 Å². The molecule has 1 amide bonds. The van der Waals surface area contributed by atoms with Crippen LogP contribution in [0.2, 0.25) is 0 Å². The van der Waals surface area contributed by atoms with Crippen molar-refractivity contribution in [2.75, 3.05) is 18.1 Å². The van der Waals surface area contributed by atoms with Crippen LogP contribution >= 0.6 is 13.5 Å². The van der Waals surface area contributed by atoms with Crippen LogP contribution in [0, 0.1) is 24.6 Å². The lowest BCUT2D eigenvalue weighted by atomic mass is 9.97. The van der Waals surface area contributed by atoms with Crippen molar-refractivity contribution in [2.45, 2.75) is 58.5 Å². The van der Waals surface area contributed by atoms with Gasteiger partial charge in [0.15, 0.2) is 5.03 Å². The van der Waals surface area contributed by atoms with Gasteiger partial charge in [-0.25, -0.2) is 19.1 Å². The van der Waals surface area contributed by atoms with E-state index in [2.05, 4.69) is 30.5 Å². The van der Waals surface area contributed by atoms with E-state index in [4.69, 9.17) is 9.72 Å². The number of sulfonamides is 1. The largest absolute Gasteiger partial charge is 0.493 e. The molecule has 216 valence electrons. The maximum Gasteiger partial charge on any atom is 0.281 e. The third-order valence-electron chi connectivity index (χ3n) is 6.56. The summed E-state index contributed by atoms with van der Waals surface area (Å²) < 4.78 is 48.4. The number of hydrogen-bond acceptors (Lipinski definition) is 7. The highest BCUT2D eigenvalue weighted by Crippen LogP contribution is 2.38. The number of anilines is 1. The van der Waals surface area contributed by atoms with E-state index < -0.39 is 21.7 Å². The molecule has 1 atom stereocenters. The van der Waals surface area contributed by atoms with Gasteiger partial charge in [0, 0.05) is 29.4 Å². The van der Waals surface area contributed by atoms with Gasteiger partial charge >= 0.3 is 0 Å². The molecule has 8 nitrogen and oxygen atoms in total. The lowest BCUT2D eigenvalue weighted by molar-refractivity contribution is 0.0981. The normalized spacial score (nSPS) is 16.5. The number of carbonyl (C=O) groups excluding carboxylic acids is 1. The predicted molar refractivity (Wildman–Crippen MR) is 159 cm³/mol. The molecule has 3 heterocycles. The summed E-state index contributed by atoms with van der Waals surface area (Å²) in [6.45, 7) is 13.0. The minimum Gasteiger partial charge on any atom is -0.493 e. The standard InChI is InChI=1S/C29H35FN4O4S.H2S/c1-18(2)17-38-23-13-21(12-22(30)14-23)25-11-10-24(27(32-25)34-16-19(3)15-29(34,5)6)28(35)33-39(36,37)26-9-7-8-20(4)31-26;/h7-14,18-19H,15-17H2,1-6H3,(H,33,35);1H2/t19-;/m0./s1. The number of carbonyl (C=O) groups is 1. The quantitative estimate of drug-likeness (QED) is 0.372. The first kappa shape index (κ1) is 31.3. The van der Waals surface area contributed by atoms with E-state index >= 15 is 0 Å². The van der Waals surface area contributed by atoms with Gasteiger partial charge in [0.1, 0.15) is 17.4 Å². The van der Waals surface area contributed by atoms with E-state index in [1.165, 1.54) is 24.3 Å². The van der Waals surface area contributed by atoms with Gasteiger partial charge in [0.25, 0.3) is 15.9 Å². The highest BCUT2D eigenvalue weighted by Gasteiger charge is 2.39. The van der Waals surface area contributed by atoms with Gasteiger partial charge < -0.3 is 9.64 Å². The monoisotopic (exact) mass is 588 g/mol. The number of aryl methyl sites for hydroxylation is 1. The zero-order valence-corrected chi connectivity index (χ0v) is 25.5. The van der Waals surface area contributed by atoms with Crippen LogP contribution in [0.1, 0.15) is 57.1 Å². The summed E-state index contributed by atoms with van der Waals surface area (Å²) in [6.07, 6.45) is 0.860. The van der Waals surface area contributed by atoms with Crippen molar-refractivity contribution in [2.24, 2.45) is 11.8 Å². The maximum atomic E-state index is 14.5. The number of benzene rings is 1. The van der Waals surface area contributed by atoms with Gasteiger partial charge in [-0.05, 0) is 75.4 Å². The highest BCUT2D eigenvalue weighted by atomic mass is 32.2. The molecular weight excluding hydrogens is 551 g/mol. The van der Waals surface area contributed by atoms with E-state index in [0.29, 0.717) is 47.6 Å². The van der Waals surface area contributed by atoms with Crippen LogP contribution in [0.25, 0.3) is 11.3 Å². The molecule has 0 saturated carbocycles. The molecule has 3 aromatic rings. The topological polar surface area (TPSA) is 101 Å². The Bertz CT molecular complexity index is 1500. The van der Waals surface area contributed by atoms with Crippen LogP contribution in [0.5, 0.6) is 5.75 Å². The first-order valence-corrected chi connectivity index (χ1v) is 14.5. The van der Waals surface area contributed by atoms with E-state index in [-0.39, 0.29) is 35.5 Å². The Balaban J connectivity index is 0.00000441. The lowest BCUT2D eigenvalue weighted by Gasteiger charge is -2.34. The first-order chi connectivity index (χ1) is 18.2. The van der Waals surface area contributed by atoms with Gasteiger partial charge in [-0.3, -0.25) is 4.79 Å². The molecule has 0 bridgehead atoms. The van der Waals surface area contributed by atoms with Crippen molar-refractivity contribution >= 4 is 35.2 Å². The predicted octanol–water partition coefficient (Wildman–Crippen LogP) is 5.48. The third kappa shape index (κ3) is 7.11. The average molecular weight is 589 g/mol. The van der Waals surface area contributed by atoms with Crippen LogP contribution in [0.15, 0.2) is 53.6 Å².